The number of nitrogens with one attached hydrogen (secondary N) is 1. The van der Waals surface area contributed by atoms with Crippen molar-refractivity contribution in [3.63, 3.8) is 0 Å². The van der Waals surface area contributed by atoms with E-state index >= 15 is 0 Å². The maximum atomic E-state index is 11.3. The first-order valence-corrected chi connectivity index (χ1v) is 6.15. The molecule has 6 heteroatoms. The van der Waals surface area contributed by atoms with E-state index < -0.39 is 10.0 Å². The lowest BCUT2D eigenvalue weighted by atomic mass is 10.7. The van der Waals surface area contributed by atoms with Gasteiger partial charge in [0.15, 0.2) is 0 Å². The molecular formula is C6H8ClNO2S2. The molecule has 0 fully saturated rings. The van der Waals surface area contributed by atoms with E-state index in [1.165, 1.54) is 11.3 Å². The standard InChI is InChI=1S/C6H8ClNO2S2/c7-3-4-8-12(9,10)6-2-1-5-11-6/h1-2,5,8H,3-4H2. The predicted octanol–water partition coefficient (Wildman–Crippen LogP) is 1.27. The summed E-state index contributed by atoms with van der Waals surface area (Å²) in [5.41, 5.74) is 0. The van der Waals surface area contributed by atoms with Crippen LogP contribution >= 0.6 is 22.9 Å². The maximum Gasteiger partial charge on any atom is 0.250 e. The Labute approximate surface area is 80.4 Å². The van der Waals surface area contributed by atoms with Crippen molar-refractivity contribution in [1.82, 2.24) is 4.72 Å². The topological polar surface area (TPSA) is 46.2 Å². The van der Waals surface area contributed by atoms with Gasteiger partial charge in [0.05, 0.1) is 0 Å². The molecule has 1 heterocycles. The summed E-state index contributed by atoms with van der Waals surface area (Å²) < 4.78 is 25.3. The highest BCUT2D eigenvalue weighted by molar-refractivity contribution is 7.91. The summed E-state index contributed by atoms with van der Waals surface area (Å²) in [6.45, 7) is 0.266. The van der Waals surface area contributed by atoms with E-state index in [9.17, 15) is 8.42 Å². The molecule has 0 bridgehead atoms. The number of hydrogen-bond donors (Lipinski definition) is 1. The average Bonchev–Trinajstić information content (AvgIpc) is 2.53. The third-order valence-corrected chi connectivity index (χ3v) is 4.19. The van der Waals surface area contributed by atoms with E-state index in [1.807, 2.05) is 0 Å². The van der Waals surface area contributed by atoms with Crippen LogP contribution in [0.3, 0.4) is 0 Å². The molecule has 1 aromatic rings. The van der Waals surface area contributed by atoms with Gasteiger partial charge in [-0.3, -0.25) is 0 Å². The van der Waals surface area contributed by atoms with Gasteiger partial charge in [0, 0.05) is 12.4 Å². The van der Waals surface area contributed by atoms with Gasteiger partial charge in [-0.15, -0.1) is 22.9 Å². The molecular weight excluding hydrogens is 218 g/mol. The predicted molar refractivity (Wildman–Crippen MR) is 50.2 cm³/mol. The SMILES string of the molecule is O=S(=O)(NCCCl)c1cccs1. The van der Waals surface area contributed by atoms with Crippen molar-refractivity contribution >= 4 is 33.0 Å². The van der Waals surface area contributed by atoms with Gasteiger partial charge in [-0.1, -0.05) is 6.07 Å². The number of alkyl halides is 1. The molecule has 0 spiro atoms. The largest absolute Gasteiger partial charge is 0.250 e. The van der Waals surface area contributed by atoms with Gasteiger partial charge in [0.25, 0.3) is 0 Å². The zero-order chi connectivity index (χ0) is 9.03. The molecule has 1 N–H and O–H groups in total. The molecule has 0 saturated heterocycles. The van der Waals surface area contributed by atoms with Gasteiger partial charge in [-0.25, -0.2) is 13.1 Å². The first-order valence-electron chi connectivity index (χ1n) is 3.26. The molecule has 1 aromatic heterocycles. The molecule has 1 rings (SSSR count). The lowest BCUT2D eigenvalue weighted by Gasteiger charge is -2.00. The van der Waals surface area contributed by atoms with Crippen molar-refractivity contribution in [3.8, 4) is 0 Å². The van der Waals surface area contributed by atoms with Crippen LogP contribution in [0.15, 0.2) is 21.7 Å². The normalized spacial score (nSPS) is 11.8. The monoisotopic (exact) mass is 225 g/mol. The second-order valence-electron chi connectivity index (χ2n) is 2.02. The third-order valence-electron chi connectivity index (χ3n) is 1.15. The molecule has 0 aliphatic rings. The minimum atomic E-state index is -3.30. The second kappa shape index (κ2) is 4.23. The van der Waals surface area contributed by atoms with Gasteiger partial charge in [0.2, 0.25) is 10.0 Å². The molecule has 0 aliphatic heterocycles. The fourth-order valence-electron chi connectivity index (χ4n) is 0.660. The molecule has 0 radical (unpaired) electrons. The zero-order valence-electron chi connectivity index (χ0n) is 6.16. The fourth-order valence-corrected chi connectivity index (χ4v) is 2.94. The van der Waals surface area contributed by atoms with Crippen LogP contribution in [0.1, 0.15) is 0 Å². The Morgan fingerprint density at radius 1 is 1.58 bits per heavy atom. The Bertz CT molecular complexity index is 319. The van der Waals surface area contributed by atoms with Crippen molar-refractivity contribution in [2.75, 3.05) is 12.4 Å². The van der Waals surface area contributed by atoms with E-state index in [1.54, 1.807) is 17.5 Å². The minimum absolute atomic E-state index is 0.266. The molecule has 0 aliphatic carbocycles. The zero-order valence-corrected chi connectivity index (χ0v) is 8.55. The van der Waals surface area contributed by atoms with E-state index in [-0.39, 0.29) is 12.4 Å². The summed E-state index contributed by atoms with van der Waals surface area (Å²) in [7, 11) is -3.30. The Hall–Kier alpha value is -0.100. The molecule has 0 aromatic carbocycles. The van der Waals surface area contributed by atoms with Gasteiger partial charge in [-0.05, 0) is 11.4 Å². The van der Waals surface area contributed by atoms with Crippen molar-refractivity contribution in [2.45, 2.75) is 4.21 Å². The number of halogens is 1. The molecule has 0 unspecified atom stereocenters. The molecule has 0 amide bonds. The highest BCUT2D eigenvalue weighted by atomic mass is 35.5. The van der Waals surface area contributed by atoms with Crippen LogP contribution in [0.25, 0.3) is 0 Å². The van der Waals surface area contributed by atoms with E-state index in [0.717, 1.165) is 0 Å². The Morgan fingerprint density at radius 2 is 2.33 bits per heavy atom. The van der Waals surface area contributed by atoms with Crippen LogP contribution in [-0.4, -0.2) is 20.8 Å². The summed E-state index contributed by atoms with van der Waals surface area (Å²) in [6, 6.07) is 3.25. The summed E-state index contributed by atoms with van der Waals surface area (Å²) in [5, 5.41) is 1.72. The van der Waals surface area contributed by atoms with E-state index in [2.05, 4.69) is 4.72 Å². The maximum absolute atomic E-state index is 11.3. The number of sulfonamides is 1. The van der Waals surface area contributed by atoms with Crippen LogP contribution < -0.4 is 4.72 Å². The lowest BCUT2D eigenvalue weighted by Crippen LogP contribution is -2.24. The molecule has 0 saturated carbocycles. The first kappa shape index (κ1) is 9.98. The second-order valence-corrected chi connectivity index (χ2v) is 5.34. The Kier molecular flexibility index (Phi) is 3.52. The molecule has 68 valence electrons. The summed E-state index contributed by atoms with van der Waals surface area (Å²) in [6.07, 6.45) is 0. The van der Waals surface area contributed by atoms with Gasteiger partial charge in [-0.2, -0.15) is 0 Å². The van der Waals surface area contributed by atoms with Crippen LogP contribution in [-0.2, 0) is 10.0 Å². The van der Waals surface area contributed by atoms with Crippen molar-refractivity contribution in [1.29, 1.82) is 0 Å². The van der Waals surface area contributed by atoms with E-state index in [4.69, 9.17) is 11.6 Å². The van der Waals surface area contributed by atoms with Crippen LogP contribution in [0, 0.1) is 0 Å². The fraction of sp³-hybridized carbons (Fsp3) is 0.333. The van der Waals surface area contributed by atoms with Crippen LogP contribution in [0.4, 0.5) is 0 Å². The Morgan fingerprint density at radius 3 is 2.83 bits per heavy atom. The Balaban J connectivity index is 2.74. The minimum Gasteiger partial charge on any atom is -0.209 e. The number of thiophene rings is 1. The highest BCUT2D eigenvalue weighted by Crippen LogP contribution is 2.14. The lowest BCUT2D eigenvalue weighted by molar-refractivity contribution is 0.586. The summed E-state index contributed by atoms with van der Waals surface area (Å²) in [4.78, 5) is 0. The van der Waals surface area contributed by atoms with Gasteiger partial charge in [0.1, 0.15) is 4.21 Å². The highest BCUT2D eigenvalue weighted by Gasteiger charge is 2.12. The molecule has 0 atom stereocenters. The molecule has 3 nitrogen and oxygen atoms in total. The van der Waals surface area contributed by atoms with Crippen LogP contribution in [0.5, 0.6) is 0 Å². The van der Waals surface area contributed by atoms with E-state index in [0.29, 0.717) is 4.21 Å². The first-order chi connectivity index (χ1) is 5.67. The van der Waals surface area contributed by atoms with Crippen molar-refractivity contribution in [2.24, 2.45) is 0 Å². The van der Waals surface area contributed by atoms with Crippen molar-refractivity contribution in [3.05, 3.63) is 17.5 Å². The van der Waals surface area contributed by atoms with Gasteiger partial charge >= 0.3 is 0 Å². The summed E-state index contributed by atoms with van der Waals surface area (Å²) >= 11 is 6.53. The van der Waals surface area contributed by atoms with Crippen molar-refractivity contribution < 1.29 is 8.42 Å². The smallest absolute Gasteiger partial charge is 0.209 e. The molecule has 12 heavy (non-hydrogen) atoms. The number of rotatable bonds is 4. The average molecular weight is 226 g/mol. The van der Waals surface area contributed by atoms with Crippen LogP contribution in [0.2, 0.25) is 0 Å². The third kappa shape index (κ3) is 2.45. The summed E-state index contributed by atoms with van der Waals surface area (Å²) in [5.74, 6) is 0.282. The number of hydrogen-bond acceptors (Lipinski definition) is 3. The quantitative estimate of drug-likeness (QED) is 0.785. The van der Waals surface area contributed by atoms with Gasteiger partial charge < -0.3 is 0 Å².